The maximum absolute atomic E-state index is 12.5. The van der Waals surface area contributed by atoms with Crippen LogP contribution in [0.2, 0.25) is 0 Å². The molecule has 2 fully saturated rings. The topological polar surface area (TPSA) is 62.2 Å². The van der Waals surface area contributed by atoms with Crippen molar-refractivity contribution in [1.29, 1.82) is 0 Å². The van der Waals surface area contributed by atoms with Crippen molar-refractivity contribution < 1.29 is 4.79 Å². The lowest BCUT2D eigenvalue weighted by Crippen LogP contribution is -2.48. The fourth-order valence-corrected chi connectivity index (χ4v) is 4.97. The minimum atomic E-state index is -0.0736. The van der Waals surface area contributed by atoms with Gasteiger partial charge in [-0.05, 0) is 57.6 Å². The Labute approximate surface area is 180 Å². The predicted molar refractivity (Wildman–Crippen MR) is 120 cm³/mol. The van der Waals surface area contributed by atoms with E-state index < -0.39 is 0 Å². The second-order valence-electron chi connectivity index (χ2n) is 8.95. The smallest absolute Gasteiger partial charge is 0.315 e. The van der Waals surface area contributed by atoms with E-state index in [0.717, 1.165) is 54.5 Å². The van der Waals surface area contributed by atoms with Crippen LogP contribution >= 0.6 is 0 Å². The average Bonchev–Trinajstić information content (AvgIpc) is 3.36. The van der Waals surface area contributed by atoms with E-state index in [1.165, 1.54) is 32.2 Å². The largest absolute Gasteiger partial charge is 0.335 e. The lowest BCUT2D eigenvalue weighted by Gasteiger charge is -2.33. The van der Waals surface area contributed by atoms with Crippen molar-refractivity contribution in [3.05, 3.63) is 47.3 Å². The molecule has 1 aromatic carbocycles. The number of carbonyl (C=O) groups excluding carboxylic acids is 1. The first-order valence-corrected chi connectivity index (χ1v) is 11.5. The van der Waals surface area contributed by atoms with Gasteiger partial charge in [-0.15, -0.1) is 0 Å². The van der Waals surface area contributed by atoms with E-state index in [4.69, 9.17) is 0 Å². The van der Waals surface area contributed by atoms with E-state index in [-0.39, 0.29) is 12.1 Å². The maximum Gasteiger partial charge on any atom is 0.315 e. The van der Waals surface area contributed by atoms with Gasteiger partial charge in [0.2, 0.25) is 0 Å². The van der Waals surface area contributed by atoms with Gasteiger partial charge in [-0.3, -0.25) is 0 Å². The van der Waals surface area contributed by atoms with Crippen molar-refractivity contribution in [3.8, 4) is 5.69 Å². The molecule has 2 amide bonds. The molecule has 162 valence electrons. The highest BCUT2D eigenvalue weighted by Gasteiger charge is 2.24. The molecule has 0 bridgehead atoms. The van der Waals surface area contributed by atoms with Crippen molar-refractivity contribution in [3.63, 3.8) is 0 Å². The molecule has 0 radical (unpaired) electrons. The second-order valence-corrected chi connectivity index (χ2v) is 8.95. The summed E-state index contributed by atoms with van der Waals surface area (Å²) >= 11 is 0. The van der Waals surface area contributed by atoms with Gasteiger partial charge in [0, 0.05) is 43.5 Å². The highest BCUT2D eigenvalue weighted by atomic mass is 16.2. The molecule has 1 aromatic heterocycles. The molecule has 0 spiro atoms. The van der Waals surface area contributed by atoms with Crippen LogP contribution in [0.25, 0.3) is 5.69 Å². The first-order chi connectivity index (χ1) is 14.6. The molecule has 1 aliphatic carbocycles. The van der Waals surface area contributed by atoms with Gasteiger partial charge in [0.25, 0.3) is 0 Å². The second kappa shape index (κ2) is 9.65. The molecular weight excluding hydrogens is 374 g/mol. The Morgan fingerprint density at radius 1 is 1.07 bits per heavy atom. The van der Waals surface area contributed by atoms with Gasteiger partial charge < -0.3 is 15.5 Å². The number of piperidine rings is 1. The third-order valence-corrected chi connectivity index (χ3v) is 6.78. The third kappa shape index (κ3) is 5.04. The minimum absolute atomic E-state index is 0.0736. The Hall–Kier alpha value is -2.34. The summed E-state index contributed by atoms with van der Waals surface area (Å²) in [6.45, 7) is 8.01. The number of carbonyl (C=O) groups is 1. The van der Waals surface area contributed by atoms with Gasteiger partial charge in [-0.25, -0.2) is 9.48 Å². The van der Waals surface area contributed by atoms with E-state index >= 15 is 0 Å². The number of hydrogen-bond acceptors (Lipinski definition) is 3. The first-order valence-electron chi connectivity index (χ1n) is 11.5. The molecule has 2 heterocycles. The highest BCUT2D eigenvalue weighted by Crippen LogP contribution is 2.26. The number of nitrogens with zero attached hydrogens (tertiary/aromatic N) is 3. The highest BCUT2D eigenvalue weighted by molar-refractivity contribution is 5.74. The zero-order chi connectivity index (χ0) is 20.9. The third-order valence-electron chi connectivity index (χ3n) is 6.78. The first kappa shape index (κ1) is 20.9. The van der Waals surface area contributed by atoms with Crippen molar-refractivity contribution in [2.45, 2.75) is 65.0 Å². The van der Waals surface area contributed by atoms with Gasteiger partial charge in [0.05, 0.1) is 11.4 Å². The monoisotopic (exact) mass is 409 g/mol. The normalized spacial score (nSPS) is 18.6. The number of rotatable bonds is 6. The Morgan fingerprint density at radius 3 is 2.47 bits per heavy atom. The Kier molecular flexibility index (Phi) is 6.72. The van der Waals surface area contributed by atoms with Crippen molar-refractivity contribution >= 4 is 6.03 Å². The molecule has 0 unspecified atom stereocenters. The number of para-hydroxylation sites is 1. The quantitative estimate of drug-likeness (QED) is 0.760. The number of likely N-dealkylation sites (tertiary alicyclic amines) is 1. The maximum atomic E-state index is 12.5. The van der Waals surface area contributed by atoms with Crippen LogP contribution in [-0.4, -0.2) is 46.4 Å². The summed E-state index contributed by atoms with van der Waals surface area (Å²) in [5, 5.41) is 10.9. The molecule has 4 rings (SSSR count). The molecule has 6 heteroatoms. The lowest BCUT2D eigenvalue weighted by molar-refractivity contribution is 0.171. The molecule has 6 nitrogen and oxygen atoms in total. The number of nitrogens with one attached hydrogen (secondary N) is 2. The SMILES string of the molecule is Cc1nn(-c2ccccc2)c(C)c1CNC(=O)NC1CCN(CC2CCCC2)CC1. The van der Waals surface area contributed by atoms with Gasteiger partial charge in [-0.1, -0.05) is 31.0 Å². The molecule has 2 aromatic rings. The number of amides is 2. The number of benzene rings is 1. The summed E-state index contributed by atoms with van der Waals surface area (Å²) in [5.41, 5.74) is 4.15. The Bertz CT molecular complexity index is 833. The van der Waals surface area contributed by atoms with Crippen molar-refractivity contribution in [1.82, 2.24) is 25.3 Å². The predicted octanol–water partition coefficient (Wildman–Crippen LogP) is 3.94. The molecule has 30 heavy (non-hydrogen) atoms. The number of hydrogen-bond donors (Lipinski definition) is 2. The van der Waals surface area contributed by atoms with Gasteiger partial charge in [0.1, 0.15) is 0 Å². The van der Waals surface area contributed by atoms with Crippen LogP contribution < -0.4 is 10.6 Å². The fraction of sp³-hybridized carbons (Fsp3) is 0.583. The van der Waals surface area contributed by atoms with Crippen LogP contribution in [0.3, 0.4) is 0 Å². The summed E-state index contributed by atoms with van der Waals surface area (Å²) in [7, 11) is 0. The summed E-state index contributed by atoms with van der Waals surface area (Å²) in [6.07, 6.45) is 7.72. The Morgan fingerprint density at radius 2 is 1.77 bits per heavy atom. The van der Waals surface area contributed by atoms with Crippen molar-refractivity contribution in [2.75, 3.05) is 19.6 Å². The zero-order valence-electron chi connectivity index (χ0n) is 18.4. The number of urea groups is 1. The van der Waals surface area contributed by atoms with E-state index in [9.17, 15) is 4.79 Å². The van der Waals surface area contributed by atoms with Crippen LogP contribution in [-0.2, 0) is 6.54 Å². The van der Waals surface area contributed by atoms with Crippen LogP contribution in [0, 0.1) is 19.8 Å². The van der Waals surface area contributed by atoms with Crippen LogP contribution in [0.1, 0.15) is 55.5 Å². The summed E-state index contributed by atoms with van der Waals surface area (Å²) in [5.74, 6) is 0.904. The van der Waals surface area contributed by atoms with Gasteiger partial charge in [0.15, 0.2) is 0 Å². The Balaban J connectivity index is 1.24. The minimum Gasteiger partial charge on any atom is -0.335 e. The molecule has 1 saturated heterocycles. The van der Waals surface area contributed by atoms with Gasteiger partial charge >= 0.3 is 6.03 Å². The zero-order valence-corrected chi connectivity index (χ0v) is 18.4. The standard InChI is InChI=1S/C24H35N5O/c1-18-23(19(2)29(27-18)22-10-4-3-5-11-22)16-25-24(30)26-21-12-14-28(15-13-21)17-20-8-6-7-9-20/h3-5,10-11,20-21H,6-9,12-17H2,1-2H3,(H2,25,26,30). The molecular formula is C24H35N5O. The van der Waals surface area contributed by atoms with E-state index in [1.807, 2.05) is 41.9 Å². The average molecular weight is 410 g/mol. The molecule has 1 saturated carbocycles. The van der Waals surface area contributed by atoms with Crippen LogP contribution in [0.5, 0.6) is 0 Å². The van der Waals surface area contributed by atoms with Crippen molar-refractivity contribution in [2.24, 2.45) is 5.92 Å². The lowest BCUT2D eigenvalue weighted by atomic mass is 10.0. The summed E-state index contributed by atoms with van der Waals surface area (Å²) in [6, 6.07) is 10.3. The summed E-state index contributed by atoms with van der Waals surface area (Å²) < 4.78 is 1.95. The van der Waals surface area contributed by atoms with E-state index in [2.05, 4.69) is 27.6 Å². The number of aryl methyl sites for hydroxylation is 1. The van der Waals surface area contributed by atoms with Crippen LogP contribution in [0.15, 0.2) is 30.3 Å². The van der Waals surface area contributed by atoms with Gasteiger partial charge in [-0.2, -0.15) is 5.10 Å². The molecule has 2 N–H and O–H groups in total. The molecule has 1 aliphatic heterocycles. The van der Waals surface area contributed by atoms with Crippen LogP contribution in [0.4, 0.5) is 4.79 Å². The van der Waals surface area contributed by atoms with E-state index in [1.54, 1.807) is 0 Å². The molecule has 2 aliphatic rings. The summed E-state index contributed by atoms with van der Waals surface area (Å²) in [4.78, 5) is 15.1. The van der Waals surface area contributed by atoms with E-state index in [0.29, 0.717) is 6.54 Å². The fourth-order valence-electron chi connectivity index (χ4n) is 4.97. The molecule has 0 atom stereocenters. The number of aromatic nitrogens is 2.